The van der Waals surface area contributed by atoms with Crippen LogP contribution in [0.2, 0.25) is 0 Å². The smallest absolute Gasteiger partial charge is 0.126 e. The van der Waals surface area contributed by atoms with E-state index in [1.807, 2.05) is 36.4 Å². The van der Waals surface area contributed by atoms with Crippen LogP contribution in [-0.4, -0.2) is 22.6 Å². The molecule has 4 nitrogen and oxygen atoms in total. The van der Waals surface area contributed by atoms with Crippen molar-refractivity contribution in [2.45, 2.75) is 19.4 Å². The molecule has 0 bridgehead atoms. The molecule has 0 aliphatic rings. The first-order valence-corrected chi connectivity index (χ1v) is 10.2. The zero-order valence-corrected chi connectivity index (χ0v) is 17.1. The average Bonchev–Trinajstić information content (AvgIpc) is 2.79. The van der Waals surface area contributed by atoms with E-state index in [1.165, 1.54) is 11.1 Å². The summed E-state index contributed by atoms with van der Waals surface area (Å²) in [4.78, 5) is 9.08. The molecule has 30 heavy (non-hydrogen) atoms. The summed E-state index contributed by atoms with van der Waals surface area (Å²) in [5, 5.41) is 3.41. The molecule has 150 valence electrons. The first-order chi connectivity index (χ1) is 14.7. The number of nitrogens with zero attached hydrogens (tertiary/aromatic N) is 2. The largest absolute Gasteiger partial charge is 0.368 e. The van der Waals surface area contributed by atoms with Gasteiger partial charge in [-0.05, 0) is 48.7 Å². The highest BCUT2D eigenvalue weighted by atomic mass is 15.0. The van der Waals surface area contributed by atoms with Crippen molar-refractivity contribution >= 4 is 5.82 Å². The zero-order valence-electron chi connectivity index (χ0n) is 17.1. The average molecular weight is 395 g/mol. The maximum Gasteiger partial charge on any atom is 0.126 e. The van der Waals surface area contributed by atoms with Crippen LogP contribution in [0.3, 0.4) is 0 Å². The molecule has 1 atom stereocenters. The third-order valence-corrected chi connectivity index (χ3v) is 5.06. The number of pyridine rings is 2. The third-order valence-electron chi connectivity index (χ3n) is 5.06. The molecule has 4 aromatic rings. The number of hydrogen-bond donors (Lipinski definition) is 2. The van der Waals surface area contributed by atoms with Gasteiger partial charge in [0.1, 0.15) is 5.82 Å². The first-order valence-electron chi connectivity index (χ1n) is 10.2. The van der Waals surface area contributed by atoms with Crippen LogP contribution in [0.5, 0.6) is 0 Å². The van der Waals surface area contributed by atoms with Gasteiger partial charge in [-0.25, -0.2) is 4.98 Å². The lowest BCUT2D eigenvalue weighted by Gasteiger charge is -2.16. The lowest BCUT2D eigenvalue weighted by atomic mass is 9.98. The molecule has 2 aromatic carbocycles. The summed E-state index contributed by atoms with van der Waals surface area (Å²) >= 11 is 0. The summed E-state index contributed by atoms with van der Waals surface area (Å²) in [6.45, 7) is 2.76. The van der Waals surface area contributed by atoms with E-state index in [2.05, 4.69) is 59.7 Å². The van der Waals surface area contributed by atoms with Crippen LogP contribution >= 0.6 is 0 Å². The number of nitrogens with one attached hydrogen (secondary N) is 1. The maximum absolute atomic E-state index is 6.34. The highest BCUT2D eigenvalue weighted by Gasteiger charge is 2.12. The Morgan fingerprint density at radius 2 is 1.67 bits per heavy atom. The van der Waals surface area contributed by atoms with Gasteiger partial charge in [-0.3, -0.25) is 4.98 Å². The van der Waals surface area contributed by atoms with Crippen molar-refractivity contribution in [1.82, 2.24) is 9.97 Å². The number of anilines is 1. The van der Waals surface area contributed by atoms with Gasteiger partial charge in [0, 0.05) is 36.1 Å². The van der Waals surface area contributed by atoms with E-state index in [-0.39, 0.29) is 6.04 Å². The van der Waals surface area contributed by atoms with E-state index < -0.39 is 0 Å². The maximum atomic E-state index is 6.34. The predicted molar refractivity (Wildman–Crippen MR) is 124 cm³/mol. The minimum absolute atomic E-state index is 0.00928. The second kappa shape index (κ2) is 9.33. The summed E-state index contributed by atoms with van der Waals surface area (Å²) in [7, 11) is 0. The molecule has 0 aliphatic heterocycles. The Kier molecular flexibility index (Phi) is 6.16. The van der Waals surface area contributed by atoms with E-state index in [4.69, 9.17) is 10.7 Å². The van der Waals surface area contributed by atoms with E-state index >= 15 is 0 Å². The Bertz CT molecular complexity index is 1090. The predicted octanol–water partition coefficient (Wildman–Crippen LogP) is 5.10. The topological polar surface area (TPSA) is 63.8 Å². The molecule has 0 aliphatic carbocycles. The van der Waals surface area contributed by atoms with Crippen molar-refractivity contribution < 1.29 is 0 Å². The van der Waals surface area contributed by atoms with Crippen LogP contribution in [0.4, 0.5) is 5.82 Å². The van der Waals surface area contributed by atoms with Crippen molar-refractivity contribution in [2.24, 2.45) is 5.73 Å². The van der Waals surface area contributed by atoms with Gasteiger partial charge in [-0.2, -0.15) is 0 Å². The van der Waals surface area contributed by atoms with Crippen molar-refractivity contribution in [3.05, 3.63) is 102 Å². The van der Waals surface area contributed by atoms with Crippen molar-refractivity contribution in [3.63, 3.8) is 0 Å². The van der Waals surface area contributed by atoms with Gasteiger partial charge in [-0.15, -0.1) is 0 Å². The second-order valence-corrected chi connectivity index (χ2v) is 7.53. The fraction of sp³-hybridized carbons (Fsp3) is 0.154. The van der Waals surface area contributed by atoms with Crippen molar-refractivity contribution in [2.75, 3.05) is 11.9 Å². The molecule has 2 aromatic heterocycles. The van der Waals surface area contributed by atoms with Gasteiger partial charge in [0.2, 0.25) is 0 Å². The highest BCUT2D eigenvalue weighted by Crippen LogP contribution is 2.32. The number of nitrogens with two attached hydrogens (primary N) is 1. The summed E-state index contributed by atoms with van der Waals surface area (Å²) in [5.41, 5.74) is 13.0. The molecule has 4 rings (SSSR count). The molecule has 0 saturated carbocycles. The molecule has 0 amide bonds. The molecule has 3 N–H and O–H groups in total. The molecule has 2 heterocycles. The molecular formula is C26H26N4. The van der Waals surface area contributed by atoms with Gasteiger partial charge in [0.05, 0.1) is 5.69 Å². The van der Waals surface area contributed by atoms with Gasteiger partial charge in [-0.1, -0.05) is 60.2 Å². The fourth-order valence-corrected chi connectivity index (χ4v) is 3.56. The van der Waals surface area contributed by atoms with Crippen LogP contribution in [-0.2, 0) is 6.42 Å². The molecule has 0 spiro atoms. The summed E-state index contributed by atoms with van der Waals surface area (Å²) in [5.74, 6) is 0.821. The number of benzene rings is 2. The summed E-state index contributed by atoms with van der Waals surface area (Å²) in [6.07, 6.45) is 4.42. The lowest BCUT2D eigenvalue weighted by molar-refractivity contribution is 0.698. The third kappa shape index (κ3) is 4.91. The van der Waals surface area contributed by atoms with Gasteiger partial charge in [0.25, 0.3) is 0 Å². The van der Waals surface area contributed by atoms with Gasteiger partial charge < -0.3 is 11.1 Å². The van der Waals surface area contributed by atoms with Crippen LogP contribution < -0.4 is 11.1 Å². The first kappa shape index (κ1) is 19.8. The van der Waals surface area contributed by atoms with E-state index in [0.29, 0.717) is 6.54 Å². The molecule has 0 saturated heterocycles. The van der Waals surface area contributed by atoms with E-state index in [1.54, 1.807) is 12.4 Å². The number of rotatable bonds is 7. The van der Waals surface area contributed by atoms with E-state index in [9.17, 15) is 0 Å². The number of aromatic nitrogens is 2. The normalized spacial score (nSPS) is 11.8. The van der Waals surface area contributed by atoms with Crippen LogP contribution in [0.15, 0.2) is 91.3 Å². The quantitative estimate of drug-likeness (QED) is 0.458. The molecule has 0 unspecified atom stereocenters. The lowest BCUT2D eigenvalue weighted by Crippen LogP contribution is -2.31. The summed E-state index contributed by atoms with van der Waals surface area (Å²) < 4.78 is 0. The Hall–Kier alpha value is -3.50. The van der Waals surface area contributed by atoms with Crippen LogP contribution in [0.1, 0.15) is 11.1 Å². The van der Waals surface area contributed by atoms with Crippen LogP contribution in [0.25, 0.3) is 22.4 Å². The summed E-state index contributed by atoms with van der Waals surface area (Å²) in [6, 6.07) is 27.0. The Labute approximate surface area is 177 Å². The monoisotopic (exact) mass is 394 g/mol. The Balaban J connectivity index is 1.58. The van der Waals surface area contributed by atoms with Gasteiger partial charge in [0.15, 0.2) is 0 Å². The number of aryl methyl sites for hydroxylation is 1. The fourth-order valence-electron chi connectivity index (χ4n) is 3.56. The molecule has 0 radical (unpaired) electrons. The van der Waals surface area contributed by atoms with Crippen LogP contribution in [0, 0.1) is 6.92 Å². The zero-order chi connectivity index (χ0) is 20.8. The van der Waals surface area contributed by atoms with E-state index in [0.717, 1.165) is 34.6 Å². The SMILES string of the molecule is Cc1cccc(-c2ccc(NC[C@H](N)Cc3ccccc3)nc2-c2ccncc2)c1. The molecular weight excluding hydrogens is 368 g/mol. The Morgan fingerprint density at radius 1 is 0.867 bits per heavy atom. The standard InChI is InChI=1S/C26H26N4/c1-19-6-5-9-22(16-19)24-10-11-25(30-26(24)21-12-14-28-15-13-21)29-18-23(27)17-20-7-3-2-4-8-20/h2-16,23H,17-18,27H2,1H3,(H,29,30)/t23-/m1/s1. The van der Waals surface area contributed by atoms with Crippen molar-refractivity contribution in [1.29, 1.82) is 0 Å². The molecule has 0 fully saturated rings. The number of hydrogen-bond acceptors (Lipinski definition) is 4. The van der Waals surface area contributed by atoms with Crippen molar-refractivity contribution in [3.8, 4) is 22.4 Å². The minimum atomic E-state index is 0.00928. The highest BCUT2D eigenvalue weighted by molar-refractivity contribution is 5.82. The van der Waals surface area contributed by atoms with Gasteiger partial charge >= 0.3 is 0 Å². The minimum Gasteiger partial charge on any atom is -0.368 e. The Morgan fingerprint density at radius 3 is 2.43 bits per heavy atom. The second-order valence-electron chi connectivity index (χ2n) is 7.53. The molecule has 4 heteroatoms.